The van der Waals surface area contributed by atoms with Gasteiger partial charge in [-0.15, -0.1) is 12.4 Å². The molecule has 24 heavy (non-hydrogen) atoms. The molecule has 2 heterocycles. The van der Waals surface area contributed by atoms with Gasteiger partial charge in [0.15, 0.2) is 0 Å². The molecule has 3 rings (SSSR count). The number of nitrogens with zero attached hydrogens (tertiary/aromatic N) is 2. The fourth-order valence-electron chi connectivity index (χ4n) is 3.03. The third-order valence-corrected chi connectivity index (χ3v) is 4.80. The van der Waals surface area contributed by atoms with Gasteiger partial charge in [0.2, 0.25) is 5.91 Å². The zero-order valence-corrected chi connectivity index (χ0v) is 15.7. The van der Waals surface area contributed by atoms with E-state index in [1.165, 1.54) is 4.90 Å². The monoisotopic (exact) mass is 415 g/mol. The van der Waals surface area contributed by atoms with Crippen LogP contribution in [0, 0.1) is 0 Å². The molecular weight excluding hydrogens is 398 g/mol. The quantitative estimate of drug-likeness (QED) is 0.761. The van der Waals surface area contributed by atoms with E-state index < -0.39 is 0 Å². The Morgan fingerprint density at radius 2 is 2.00 bits per heavy atom. The molecule has 1 saturated heterocycles. The van der Waals surface area contributed by atoms with E-state index >= 15 is 0 Å². The van der Waals surface area contributed by atoms with Gasteiger partial charge in [-0.25, -0.2) is 0 Å². The van der Waals surface area contributed by atoms with E-state index in [2.05, 4.69) is 21.2 Å². The molecule has 0 spiro atoms. The molecule has 0 radical (unpaired) electrons. The molecule has 1 fully saturated rings. The van der Waals surface area contributed by atoms with E-state index in [4.69, 9.17) is 0 Å². The van der Waals surface area contributed by atoms with Crippen LogP contribution in [-0.4, -0.2) is 59.7 Å². The highest BCUT2D eigenvalue weighted by Crippen LogP contribution is 2.26. The molecule has 1 aromatic rings. The number of benzene rings is 1. The van der Waals surface area contributed by atoms with Crippen molar-refractivity contribution in [2.24, 2.45) is 0 Å². The lowest BCUT2D eigenvalue weighted by molar-refractivity contribution is -0.134. The van der Waals surface area contributed by atoms with E-state index in [-0.39, 0.29) is 49.1 Å². The van der Waals surface area contributed by atoms with Crippen LogP contribution in [-0.2, 0) is 4.79 Å². The highest BCUT2D eigenvalue weighted by Gasteiger charge is 2.36. The standard InChI is InChI=1S/C16H18BrN3O3.ClH/c1-10-9-18-5-7-19(10)14(21)4-6-20-15(22)12-3-2-11(17)8-13(12)16(20)23;/h2-3,8,10,18H,4-7,9H2,1H3;1H/t10-;/m0./s1. The number of rotatable bonds is 3. The lowest BCUT2D eigenvalue weighted by Gasteiger charge is -2.34. The summed E-state index contributed by atoms with van der Waals surface area (Å²) < 4.78 is 0.755. The van der Waals surface area contributed by atoms with Gasteiger partial charge in [-0.1, -0.05) is 15.9 Å². The Hall–Kier alpha value is -1.44. The second-order valence-electron chi connectivity index (χ2n) is 5.84. The predicted octanol–water partition coefficient (Wildman–Crippen LogP) is 1.68. The number of fused-ring (bicyclic) bond motifs is 1. The summed E-state index contributed by atoms with van der Waals surface area (Å²) in [4.78, 5) is 40.0. The highest BCUT2D eigenvalue weighted by atomic mass is 79.9. The Kier molecular flexibility index (Phi) is 6.01. The molecule has 0 aromatic heterocycles. The summed E-state index contributed by atoms with van der Waals surface area (Å²) in [5, 5.41) is 3.23. The Balaban J connectivity index is 0.00000208. The smallest absolute Gasteiger partial charge is 0.261 e. The van der Waals surface area contributed by atoms with Gasteiger partial charge in [0.05, 0.1) is 11.1 Å². The van der Waals surface area contributed by atoms with Gasteiger partial charge in [0, 0.05) is 43.1 Å². The zero-order valence-electron chi connectivity index (χ0n) is 13.3. The first-order chi connectivity index (χ1) is 11.0. The second kappa shape index (κ2) is 7.63. The maximum absolute atomic E-state index is 12.4. The molecule has 0 bridgehead atoms. The van der Waals surface area contributed by atoms with Crippen molar-refractivity contribution < 1.29 is 14.4 Å². The van der Waals surface area contributed by atoms with Crippen molar-refractivity contribution in [2.45, 2.75) is 19.4 Å². The summed E-state index contributed by atoms with van der Waals surface area (Å²) in [6, 6.07) is 5.16. The van der Waals surface area contributed by atoms with Crippen LogP contribution in [0.1, 0.15) is 34.1 Å². The fraction of sp³-hybridized carbons (Fsp3) is 0.438. The molecule has 2 aliphatic rings. The molecule has 1 atom stereocenters. The van der Waals surface area contributed by atoms with Gasteiger partial charge in [0.1, 0.15) is 0 Å². The van der Waals surface area contributed by atoms with E-state index in [9.17, 15) is 14.4 Å². The van der Waals surface area contributed by atoms with Crippen LogP contribution in [0.15, 0.2) is 22.7 Å². The largest absolute Gasteiger partial charge is 0.337 e. The lowest BCUT2D eigenvalue weighted by Crippen LogP contribution is -2.52. The van der Waals surface area contributed by atoms with Gasteiger partial charge >= 0.3 is 0 Å². The molecule has 130 valence electrons. The average molecular weight is 417 g/mol. The average Bonchev–Trinajstić information content (AvgIpc) is 2.76. The van der Waals surface area contributed by atoms with Gasteiger partial charge in [-0.2, -0.15) is 0 Å². The first kappa shape index (κ1) is 18.9. The Bertz CT molecular complexity index is 683. The topological polar surface area (TPSA) is 69.7 Å². The van der Waals surface area contributed by atoms with Crippen LogP contribution in [0.2, 0.25) is 0 Å². The van der Waals surface area contributed by atoms with Gasteiger partial charge in [-0.05, 0) is 25.1 Å². The normalized spacial score (nSPS) is 20.0. The van der Waals surface area contributed by atoms with E-state index in [0.717, 1.165) is 17.6 Å². The van der Waals surface area contributed by atoms with Crippen molar-refractivity contribution in [2.75, 3.05) is 26.2 Å². The Morgan fingerprint density at radius 3 is 2.71 bits per heavy atom. The van der Waals surface area contributed by atoms with Crippen LogP contribution in [0.3, 0.4) is 0 Å². The van der Waals surface area contributed by atoms with E-state index in [0.29, 0.717) is 17.7 Å². The first-order valence-electron chi connectivity index (χ1n) is 7.65. The summed E-state index contributed by atoms with van der Waals surface area (Å²) >= 11 is 3.30. The van der Waals surface area contributed by atoms with Crippen LogP contribution in [0.25, 0.3) is 0 Å². The molecule has 2 aliphatic heterocycles. The minimum Gasteiger partial charge on any atom is -0.337 e. The minimum atomic E-state index is -0.326. The van der Waals surface area contributed by atoms with Crippen LogP contribution in [0.4, 0.5) is 0 Å². The molecule has 1 N–H and O–H groups in total. The molecule has 6 nitrogen and oxygen atoms in total. The summed E-state index contributed by atoms with van der Waals surface area (Å²) in [5.41, 5.74) is 0.800. The van der Waals surface area contributed by atoms with Crippen molar-refractivity contribution in [1.82, 2.24) is 15.1 Å². The highest BCUT2D eigenvalue weighted by molar-refractivity contribution is 9.10. The number of carbonyl (C=O) groups excluding carboxylic acids is 3. The maximum atomic E-state index is 12.4. The van der Waals surface area contributed by atoms with E-state index in [1.54, 1.807) is 18.2 Å². The summed E-state index contributed by atoms with van der Waals surface area (Å²) in [7, 11) is 0. The molecule has 0 unspecified atom stereocenters. The Morgan fingerprint density at radius 1 is 1.29 bits per heavy atom. The maximum Gasteiger partial charge on any atom is 0.261 e. The number of hydrogen-bond acceptors (Lipinski definition) is 4. The predicted molar refractivity (Wildman–Crippen MR) is 95.4 cm³/mol. The van der Waals surface area contributed by atoms with Gasteiger partial charge in [0.25, 0.3) is 11.8 Å². The molecule has 8 heteroatoms. The van der Waals surface area contributed by atoms with Crippen molar-refractivity contribution in [3.63, 3.8) is 0 Å². The number of carbonyl (C=O) groups is 3. The molecule has 1 aromatic carbocycles. The summed E-state index contributed by atoms with van der Waals surface area (Å²) in [5.74, 6) is -0.664. The fourth-order valence-corrected chi connectivity index (χ4v) is 3.39. The number of halogens is 2. The number of imide groups is 1. The second-order valence-corrected chi connectivity index (χ2v) is 6.76. The van der Waals surface area contributed by atoms with E-state index in [1.807, 2.05) is 11.8 Å². The summed E-state index contributed by atoms with van der Waals surface area (Å²) in [6.45, 7) is 4.32. The third kappa shape index (κ3) is 3.48. The van der Waals surface area contributed by atoms with Crippen molar-refractivity contribution in [1.29, 1.82) is 0 Å². The minimum absolute atomic E-state index is 0. The molecule has 3 amide bonds. The SMILES string of the molecule is C[C@H]1CNCCN1C(=O)CCN1C(=O)c2ccc(Br)cc2C1=O.Cl. The molecular formula is C16H19BrClN3O3. The van der Waals surface area contributed by atoms with Crippen molar-refractivity contribution in [3.05, 3.63) is 33.8 Å². The number of amides is 3. The van der Waals surface area contributed by atoms with Crippen LogP contribution >= 0.6 is 28.3 Å². The zero-order chi connectivity index (χ0) is 16.6. The number of nitrogens with one attached hydrogen (secondary N) is 1. The third-order valence-electron chi connectivity index (χ3n) is 4.30. The van der Waals surface area contributed by atoms with Crippen LogP contribution < -0.4 is 5.32 Å². The van der Waals surface area contributed by atoms with Gasteiger partial charge < -0.3 is 10.2 Å². The number of hydrogen-bond donors (Lipinski definition) is 1. The van der Waals surface area contributed by atoms with Crippen molar-refractivity contribution >= 4 is 46.1 Å². The molecule has 0 aliphatic carbocycles. The summed E-state index contributed by atoms with van der Waals surface area (Å²) in [6.07, 6.45) is 0.164. The lowest BCUT2D eigenvalue weighted by atomic mass is 10.1. The number of piperazine rings is 1. The van der Waals surface area contributed by atoms with Gasteiger partial charge in [-0.3, -0.25) is 19.3 Å². The molecule has 0 saturated carbocycles. The van der Waals surface area contributed by atoms with Crippen molar-refractivity contribution in [3.8, 4) is 0 Å². The Labute approximate surface area is 155 Å². The van der Waals surface area contributed by atoms with Crippen LogP contribution in [0.5, 0.6) is 0 Å². The first-order valence-corrected chi connectivity index (χ1v) is 8.44.